The third-order valence-electron chi connectivity index (χ3n) is 4.60. The zero-order valence-electron chi connectivity index (χ0n) is 11.1. The molecule has 1 atom stereocenters. The molecule has 3 aliphatic rings. The first-order chi connectivity index (χ1) is 9.16. The van der Waals surface area contributed by atoms with Gasteiger partial charge in [0.2, 0.25) is 5.91 Å². The molecule has 0 aromatic heterocycles. The van der Waals surface area contributed by atoms with Crippen LogP contribution in [0.25, 0.3) is 0 Å². The number of rotatable bonds is 5. The Balaban J connectivity index is 1.62. The fourth-order valence-electron chi connectivity index (χ4n) is 3.19. The lowest BCUT2D eigenvalue weighted by molar-refractivity contribution is -0.158. The molecule has 1 amide bonds. The predicted octanol–water partition coefficient (Wildman–Crippen LogP) is 1.12. The molecule has 0 radical (unpaired) electrons. The number of carboxylic acids is 1. The Morgan fingerprint density at radius 2 is 1.84 bits per heavy atom. The van der Waals surface area contributed by atoms with Gasteiger partial charge in [-0.1, -0.05) is 0 Å². The Morgan fingerprint density at radius 3 is 2.37 bits per heavy atom. The number of hydrogen-bond acceptors (Lipinski definition) is 3. The number of amides is 1. The van der Waals surface area contributed by atoms with E-state index >= 15 is 0 Å². The molecule has 3 rings (SSSR count). The fourth-order valence-corrected chi connectivity index (χ4v) is 3.19. The van der Waals surface area contributed by atoms with E-state index < -0.39 is 12.0 Å². The second-order valence-corrected chi connectivity index (χ2v) is 6.06. The average molecular weight is 267 g/mol. The number of nitrogens with zero attached hydrogens (tertiary/aromatic N) is 1. The molecule has 106 valence electrons. The molecule has 19 heavy (non-hydrogen) atoms. The lowest BCUT2D eigenvalue weighted by Crippen LogP contribution is -2.53. The van der Waals surface area contributed by atoms with E-state index in [1.54, 1.807) is 0 Å². The van der Waals surface area contributed by atoms with Crippen LogP contribution in [0.2, 0.25) is 0 Å². The zero-order valence-corrected chi connectivity index (χ0v) is 11.1. The summed E-state index contributed by atoms with van der Waals surface area (Å²) < 4.78 is 5.17. The van der Waals surface area contributed by atoms with Crippen molar-refractivity contribution in [2.45, 2.75) is 38.1 Å². The van der Waals surface area contributed by atoms with Gasteiger partial charge in [-0.3, -0.25) is 4.79 Å². The average Bonchev–Trinajstić information content (AvgIpc) is 3.29. The lowest BCUT2D eigenvalue weighted by atomic mass is 9.93. The Kier molecular flexibility index (Phi) is 3.48. The highest BCUT2D eigenvalue weighted by Crippen LogP contribution is 2.50. The summed E-state index contributed by atoms with van der Waals surface area (Å²) in [6.45, 7) is 0.990. The van der Waals surface area contributed by atoms with Crippen LogP contribution in [0.15, 0.2) is 0 Å². The summed E-state index contributed by atoms with van der Waals surface area (Å²) >= 11 is 0. The third-order valence-corrected chi connectivity index (χ3v) is 4.60. The summed E-state index contributed by atoms with van der Waals surface area (Å²) in [6, 6.07) is -0.791. The van der Waals surface area contributed by atoms with Crippen molar-refractivity contribution < 1.29 is 19.4 Å². The largest absolute Gasteiger partial charge is 0.480 e. The molecule has 2 aliphatic carbocycles. The molecule has 1 unspecified atom stereocenters. The molecule has 2 saturated carbocycles. The van der Waals surface area contributed by atoms with Gasteiger partial charge in [0.25, 0.3) is 0 Å². The molecule has 0 aromatic rings. The Bertz CT molecular complexity index is 364. The summed E-state index contributed by atoms with van der Waals surface area (Å²) in [5.74, 6) is 1.01. The maximum atomic E-state index is 12.4. The monoisotopic (exact) mass is 267 g/mol. The van der Waals surface area contributed by atoms with Crippen LogP contribution in [0.3, 0.4) is 0 Å². The van der Waals surface area contributed by atoms with Crippen LogP contribution < -0.4 is 0 Å². The summed E-state index contributed by atoms with van der Waals surface area (Å²) in [7, 11) is 0. The smallest absolute Gasteiger partial charge is 0.328 e. The number of aliphatic carboxylic acids is 1. The highest BCUT2D eigenvalue weighted by Gasteiger charge is 2.43. The first-order valence-electron chi connectivity index (χ1n) is 7.27. The summed E-state index contributed by atoms with van der Waals surface area (Å²) in [5.41, 5.74) is 0. The van der Waals surface area contributed by atoms with Crippen molar-refractivity contribution in [3.8, 4) is 0 Å². The maximum Gasteiger partial charge on any atom is 0.328 e. The van der Waals surface area contributed by atoms with Gasteiger partial charge < -0.3 is 14.7 Å². The minimum absolute atomic E-state index is 0.0134. The zero-order chi connectivity index (χ0) is 13.4. The van der Waals surface area contributed by atoms with E-state index in [1.807, 2.05) is 0 Å². The SMILES string of the molecule is O=C(O)C1COCCN1C(=O)CC(C1CC1)C1CC1. The van der Waals surface area contributed by atoms with Crippen LogP contribution in [0.4, 0.5) is 0 Å². The van der Waals surface area contributed by atoms with Gasteiger partial charge in [-0.25, -0.2) is 4.79 Å². The topological polar surface area (TPSA) is 66.8 Å². The van der Waals surface area contributed by atoms with Crippen LogP contribution in [-0.4, -0.2) is 47.7 Å². The van der Waals surface area contributed by atoms with Gasteiger partial charge in [0, 0.05) is 13.0 Å². The number of carbonyl (C=O) groups excluding carboxylic acids is 1. The molecule has 5 nitrogen and oxygen atoms in total. The van der Waals surface area contributed by atoms with Crippen molar-refractivity contribution in [2.75, 3.05) is 19.8 Å². The van der Waals surface area contributed by atoms with Gasteiger partial charge in [-0.05, 0) is 43.4 Å². The quantitative estimate of drug-likeness (QED) is 0.810. The maximum absolute atomic E-state index is 12.4. The molecule has 3 fully saturated rings. The van der Waals surface area contributed by atoms with Crippen LogP contribution in [0.5, 0.6) is 0 Å². The fraction of sp³-hybridized carbons (Fsp3) is 0.857. The molecule has 1 aliphatic heterocycles. The van der Waals surface area contributed by atoms with Gasteiger partial charge in [-0.2, -0.15) is 0 Å². The standard InChI is InChI=1S/C14H21NO4/c16-13(7-11(9-1-2-9)10-3-4-10)15-5-6-19-8-12(15)14(17)18/h9-12H,1-8H2,(H,17,18). The van der Waals surface area contributed by atoms with Gasteiger partial charge in [0.05, 0.1) is 13.2 Å². The predicted molar refractivity (Wildman–Crippen MR) is 67.5 cm³/mol. The highest BCUT2D eigenvalue weighted by atomic mass is 16.5. The second-order valence-electron chi connectivity index (χ2n) is 6.06. The molecule has 1 N–H and O–H groups in total. The molecule has 5 heteroatoms. The normalized spacial score (nSPS) is 27.6. The minimum atomic E-state index is -0.956. The van der Waals surface area contributed by atoms with Gasteiger partial charge in [-0.15, -0.1) is 0 Å². The second kappa shape index (κ2) is 5.12. The highest BCUT2D eigenvalue weighted by molar-refractivity contribution is 5.84. The first kappa shape index (κ1) is 12.9. The van der Waals surface area contributed by atoms with Crippen molar-refractivity contribution in [1.29, 1.82) is 0 Å². The Labute approximate surface area is 112 Å². The summed E-state index contributed by atoms with van der Waals surface area (Å²) in [5, 5.41) is 9.16. The van der Waals surface area contributed by atoms with Crippen LogP contribution in [0, 0.1) is 17.8 Å². The van der Waals surface area contributed by atoms with E-state index in [-0.39, 0.29) is 12.5 Å². The van der Waals surface area contributed by atoms with E-state index in [0.717, 1.165) is 11.8 Å². The summed E-state index contributed by atoms with van der Waals surface area (Å²) in [4.78, 5) is 25.1. The van der Waals surface area contributed by atoms with Crippen molar-refractivity contribution in [2.24, 2.45) is 17.8 Å². The van der Waals surface area contributed by atoms with E-state index in [0.29, 0.717) is 25.5 Å². The summed E-state index contributed by atoms with van der Waals surface area (Å²) in [6.07, 6.45) is 5.54. The number of carboxylic acid groups (broad SMARTS) is 1. The molecule has 0 aromatic carbocycles. The van der Waals surface area contributed by atoms with Crippen molar-refractivity contribution in [3.05, 3.63) is 0 Å². The van der Waals surface area contributed by atoms with Crippen LogP contribution in [0.1, 0.15) is 32.1 Å². The van der Waals surface area contributed by atoms with Gasteiger partial charge >= 0.3 is 5.97 Å². The van der Waals surface area contributed by atoms with E-state index in [9.17, 15) is 9.59 Å². The van der Waals surface area contributed by atoms with E-state index in [1.165, 1.54) is 30.6 Å². The van der Waals surface area contributed by atoms with Crippen LogP contribution in [-0.2, 0) is 14.3 Å². The molecular weight excluding hydrogens is 246 g/mol. The van der Waals surface area contributed by atoms with Crippen LogP contribution >= 0.6 is 0 Å². The molecular formula is C14H21NO4. The molecule has 1 saturated heterocycles. The van der Waals surface area contributed by atoms with Crippen molar-refractivity contribution >= 4 is 11.9 Å². The van der Waals surface area contributed by atoms with Gasteiger partial charge in [0.1, 0.15) is 0 Å². The minimum Gasteiger partial charge on any atom is -0.480 e. The van der Waals surface area contributed by atoms with E-state index in [2.05, 4.69) is 0 Å². The van der Waals surface area contributed by atoms with E-state index in [4.69, 9.17) is 9.84 Å². The van der Waals surface area contributed by atoms with Gasteiger partial charge in [0.15, 0.2) is 6.04 Å². The molecule has 0 bridgehead atoms. The number of morpholine rings is 1. The molecule has 1 heterocycles. The van der Waals surface area contributed by atoms with Crippen molar-refractivity contribution in [1.82, 2.24) is 4.90 Å². The lowest BCUT2D eigenvalue weighted by Gasteiger charge is -2.34. The van der Waals surface area contributed by atoms with Crippen molar-refractivity contribution in [3.63, 3.8) is 0 Å². The third kappa shape index (κ3) is 2.91. The Hall–Kier alpha value is -1.10. The first-order valence-corrected chi connectivity index (χ1v) is 7.27. The number of ether oxygens (including phenoxy) is 1. The number of carbonyl (C=O) groups is 2. The molecule has 0 spiro atoms. The Morgan fingerprint density at radius 1 is 1.21 bits per heavy atom. The number of hydrogen-bond donors (Lipinski definition) is 1.